The Labute approximate surface area is 623 Å². The molecule has 0 saturated carbocycles. The minimum Gasteiger partial charge on any atom is -0.420 e. The largest absolute Gasteiger partial charge is 0.420 e. The number of nitrogens with zero attached hydrogens (tertiary/aromatic N) is 4. The van der Waals surface area contributed by atoms with Crippen molar-refractivity contribution in [2.45, 2.75) is 219 Å². The number of ether oxygens (including phenoxy) is 3. The van der Waals surface area contributed by atoms with E-state index in [9.17, 15) is 74.7 Å². The van der Waals surface area contributed by atoms with Crippen LogP contribution in [0.15, 0.2) is 54.6 Å². The van der Waals surface area contributed by atoms with Gasteiger partial charge in [0.15, 0.2) is 0 Å². The van der Waals surface area contributed by atoms with Crippen molar-refractivity contribution >= 4 is 70.9 Å². The molecule has 0 radical (unpaired) electrons. The van der Waals surface area contributed by atoms with Gasteiger partial charge >= 0.3 is 12.0 Å². The van der Waals surface area contributed by atoms with Gasteiger partial charge in [0, 0.05) is 77.9 Å². The van der Waals surface area contributed by atoms with E-state index in [2.05, 4.69) is 37.2 Å². The van der Waals surface area contributed by atoms with Crippen molar-refractivity contribution in [3.63, 3.8) is 0 Å². The van der Waals surface area contributed by atoms with E-state index in [-0.39, 0.29) is 99.9 Å². The Morgan fingerprint density at radius 3 is 1.78 bits per heavy atom. The molecular formula is C76H109F5N12O14. The van der Waals surface area contributed by atoms with Crippen molar-refractivity contribution in [2.24, 2.45) is 41.2 Å². The number of piperidine rings is 1. The average molecular weight is 1510 g/mol. The van der Waals surface area contributed by atoms with Gasteiger partial charge in [-0.05, 0) is 112 Å². The third kappa shape index (κ3) is 23.1. The summed E-state index contributed by atoms with van der Waals surface area (Å²) in [5.74, 6) is -21.8. The zero-order chi connectivity index (χ0) is 79.4. The topological polar surface area (TPSA) is 339 Å². The zero-order valence-corrected chi connectivity index (χ0v) is 63.8. The number of carbonyl (C=O) groups excluding carboxylic acids is 11. The standard InChI is InChI=1S/C76H109F5N12O14/c1-15-43(8)66(91(12)74(102)64(41(4)5)89-73(101)65(42(6)7)90(10)11)54(105-13)38-57(96)92-34-20-24-53(92)67(106-14)44(9)69(97)87-52(35-45-21-17-16-18-22-45)70(98)84-39-46-25-27-48(28-26-46)85-71(99)51(23-19-33-83-76(82)104)86-72(100)63(40(2)3)88-55(94)31-32-56(95)93-49-29-30-50(93)37-47(36-49)75(103)107-68-61(80)59(78)58(77)60(79)62(68)81/h16-18,21-22,25-28,40-44,47,49-54,63-67H,15,19-20,23-24,29-39H2,1-14H3,(H,84,98)(H,85,99)(H,86,100)(H,87,97)(H,88,94)(H,89,101)(H3,82,83,104)/t43-,44+,47?,49?,50?,51-,52-,53-,54+,63-,64-,65-,66-,67+/m0/s1. The summed E-state index contributed by atoms with van der Waals surface area (Å²) in [7, 11) is 8.32. The average Bonchev–Trinajstić information content (AvgIpc) is 1.74. The van der Waals surface area contributed by atoms with E-state index in [0.29, 0.717) is 49.9 Å². The predicted octanol–water partition coefficient (Wildman–Crippen LogP) is 6.54. The highest BCUT2D eigenvalue weighted by Crippen LogP contribution is 2.41. The molecule has 107 heavy (non-hydrogen) atoms. The van der Waals surface area contributed by atoms with E-state index in [1.807, 2.05) is 90.9 Å². The van der Waals surface area contributed by atoms with Crippen LogP contribution < -0.4 is 47.7 Å². The number of likely N-dealkylation sites (N-methyl/N-ethyl adjacent to an activating group) is 2. The summed E-state index contributed by atoms with van der Waals surface area (Å²) in [6.45, 7) is 17.0. The van der Waals surface area contributed by atoms with Gasteiger partial charge in [0.1, 0.15) is 24.2 Å². The van der Waals surface area contributed by atoms with Gasteiger partial charge < -0.3 is 71.9 Å². The SMILES string of the molecule is CC[C@H](C)[C@@H]([C@@H](CC(=O)N1CCC[C@H]1[C@H](OC)[C@@H](C)C(=O)N[C@@H](Cc1ccccc1)C(=O)NCc1ccc(NC(=O)[C@H](CCCNC(N)=O)NC(=O)[C@@H](NC(=O)CCC(=O)N2C3CCC2CC(C(=O)Oc2c(F)c(F)c(F)c(F)c2F)C3)C(C)C)cc1)OC)N(C)C(=O)[C@@H](NC(=O)[C@H](C(C)C)N(C)C)C(C)C. The zero-order valence-electron chi connectivity index (χ0n) is 63.8. The molecule has 0 aliphatic carbocycles. The molecule has 2 unspecified atom stereocenters. The first-order valence-electron chi connectivity index (χ1n) is 36.8. The third-order valence-electron chi connectivity index (χ3n) is 20.7. The van der Waals surface area contributed by atoms with E-state index in [1.165, 1.54) is 19.1 Å². The number of benzene rings is 3. The molecule has 3 aromatic rings. The second kappa shape index (κ2) is 40.4. The van der Waals surface area contributed by atoms with Gasteiger partial charge in [-0.1, -0.05) is 111 Å². The summed E-state index contributed by atoms with van der Waals surface area (Å²) in [5.41, 5.74) is 6.93. The lowest BCUT2D eigenvalue weighted by Crippen LogP contribution is -2.59. The van der Waals surface area contributed by atoms with Gasteiger partial charge in [-0.25, -0.2) is 18.0 Å². The lowest BCUT2D eigenvalue weighted by molar-refractivity contribution is -0.148. The first-order chi connectivity index (χ1) is 50.5. The Morgan fingerprint density at radius 2 is 1.22 bits per heavy atom. The summed E-state index contributed by atoms with van der Waals surface area (Å²) in [5, 5.41) is 19.5. The van der Waals surface area contributed by atoms with Crippen LogP contribution in [0.1, 0.15) is 150 Å². The Hall–Kier alpha value is -8.84. The van der Waals surface area contributed by atoms with Gasteiger partial charge in [-0.3, -0.25) is 52.8 Å². The number of nitrogens with two attached hydrogens (primary N) is 1. The highest BCUT2D eigenvalue weighted by Gasteiger charge is 2.48. The maximum absolute atomic E-state index is 14.7. The number of carbonyl (C=O) groups is 11. The van der Waals surface area contributed by atoms with Crippen LogP contribution in [0.3, 0.4) is 0 Å². The van der Waals surface area contributed by atoms with Crippen LogP contribution in [0.4, 0.5) is 32.4 Å². The molecule has 0 aromatic heterocycles. The van der Waals surface area contributed by atoms with Gasteiger partial charge in [0.25, 0.3) is 0 Å². The molecule has 3 aromatic carbocycles. The van der Waals surface area contributed by atoms with Crippen molar-refractivity contribution in [2.75, 3.05) is 53.8 Å². The maximum atomic E-state index is 14.7. The Balaban J connectivity index is 1.05. The third-order valence-corrected chi connectivity index (χ3v) is 20.7. The molecule has 26 nitrogen and oxygen atoms in total. The van der Waals surface area contributed by atoms with Crippen LogP contribution in [0.25, 0.3) is 0 Å². The molecule has 11 amide bonds. The normalized spacial score (nSPS) is 19.1. The smallest absolute Gasteiger partial charge is 0.314 e. The van der Waals surface area contributed by atoms with Crippen LogP contribution in [-0.2, 0) is 70.4 Å². The number of urea groups is 1. The van der Waals surface area contributed by atoms with E-state index < -0.39 is 167 Å². The summed E-state index contributed by atoms with van der Waals surface area (Å²) in [4.78, 5) is 158. The number of halogens is 5. The fourth-order valence-electron chi connectivity index (χ4n) is 14.8. The summed E-state index contributed by atoms with van der Waals surface area (Å²) >= 11 is 0. The van der Waals surface area contributed by atoms with Crippen LogP contribution in [0, 0.1) is 64.6 Å². The first-order valence-corrected chi connectivity index (χ1v) is 36.8. The molecular weight excluding hydrogens is 1400 g/mol. The number of hydrogen-bond acceptors (Lipinski definition) is 15. The number of esters is 1. The molecule has 592 valence electrons. The van der Waals surface area contributed by atoms with Gasteiger partial charge in [0.2, 0.25) is 88.0 Å². The number of fused-ring (bicyclic) bond motifs is 2. The van der Waals surface area contributed by atoms with Gasteiger partial charge in [-0.2, -0.15) is 8.78 Å². The molecule has 9 N–H and O–H groups in total. The van der Waals surface area contributed by atoms with Crippen LogP contribution in [0.5, 0.6) is 5.75 Å². The van der Waals surface area contributed by atoms with Crippen molar-refractivity contribution in [1.82, 2.24) is 51.5 Å². The Morgan fingerprint density at radius 1 is 0.626 bits per heavy atom. The number of nitrogens with one attached hydrogen (secondary N) is 7. The Kier molecular flexibility index (Phi) is 32.9. The first kappa shape index (κ1) is 87.1. The van der Waals surface area contributed by atoms with Crippen LogP contribution in [0.2, 0.25) is 0 Å². The molecule has 13 atom stereocenters. The van der Waals surface area contributed by atoms with Crippen LogP contribution >= 0.6 is 0 Å². The number of hydrogen-bond donors (Lipinski definition) is 8. The van der Waals surface area contributed by atoms with E-state index in [4.69, 9.17) is 19.9 Å². The van der Waals surface area contributed by atoms with Crippen molar-refractivity contribution in [1.29, 1.82) is 0 Å². The van der Waals surface area contributed by atoms with Gasteiger partial charge in [0.05, 0.1) is 48.6 Å². The quantitative estimate of drug-likeness (QED) is 0.00754. The van der Waals surface area contributed by atoms with E-state index in [0.717, 1.165) is 5.56 Å². The van der Waals surface area contributed by atoms with Crippen molar-refractivity contribution < 1.29 is 88.9 Å². The summed E-state index contributed by atoms with van der Waals surface area (Å²) in [6.07, 6.45) is 0.486. The number of rotatable bonds is 38. The summed E-state index contributed by atoms with van der Waals surface area (Å²) in [6, 6.07) is 7.69. The number of methoxy groups -OCH3 is 2. The second-order valence-corrected chi connectivity index (χ2v) is 29.6. The second-order valence-electron chi connectivity index (χ2n) is 29.6. The molecule has 3 aliphatic rings. The number of likely N-dealkylation sites (tertiary alicyclic amines) is 1. The monoisotopic (exact) mass is 1510 g/mol. The van der Waals surface area contributed by atoms with Gasteiger partial charge in [-0.15, -0.1) is 0 Å². The Bertz CT molecular complexity index is 3550. The minimum atomic E-state index is -2.41. The van der Waals surface area contributed by atoms with E-state index >= 15 is 0 Å². The maximum Gasteiger partial charge on any atom is 0.314 e. The lowest BCUT2D eigenvalue weighted by atomic mass is 9.89. The molecule has 3 heterocycles. The number of anilines is 1. The predicted molar refractivity (Wildman–Crippen MR) is 387 cm³/mol. The molecule has 2 bridgehead atoms. The van der Waals surface area contributed by atoms with Crippen molar-refractivity contribution in [3.05, 3.63) is 94.8 Å². The molecule has 3 saturated heterocycles. The fourth-order valence-corrected chi connectivity index (χ4v) is 14.8. The highest BCUT2D eigenvalue weighted by molar-refractivity contribution is 5.99. The highest BCUT2D eigenvalue weighted by atomic mass is 19.2. The summed E-state index contributed by atoms with van der Waals surface area (Å²) < 4.78 is 86.8. The number of amides is 11. The van der Waals surface area contributed by atoms with Crippen LogP contribution in [-0.4, -0.2) is 200 Å². The fraction of sp³-hybridized carbons (Fsp3) is 0.618. The lowest BCUT2D eigenvalue weighted by Gasteiger charge is -2.41. The molecule has 31 heteroatoms. The number of primary amides is 1. The molecule has 6 rings (SSSR count). The molecule has 3 aliphatic heterocycles. The van der Waals surface area contributed by atoms with E-state index in [1.54, 1.807) is 61.9 Å². The van der Waals surface area contributed by atoms with Crippen molar-refractivity contribution in [3.8, 4) is 5.75 Å². The minimum absolute atomic E-state index is 0.00738. The molecule has 0 spiro atoms. The molecule has 3 fully saturated rings.